The van der Waals surface area contributed by atoms with Crippen LogP contribution in [0, 0.1) is 0 Å². The zero-order chi connectivity index (χ0) is 18.4. The molecule has 6 N–H and O–H groups in total. The maximum absolute atomic E-state index is 12.1. The number of aliphatic hydroxyl groups excluding tert-OH is 1. The van der Waals surface area contributed by atoms with Crippen molar-refractivity contribution < 1.29 is 15.0 Å². The Hall–Kier alpha value is -2.72. The van der Waals surface area contributed by atoms with Crippen LogP contribution in [0.3, 0.4) is 0 Å². The number of carbonyl (C=O) groups is 1. The van der Waals surface area contributed by atoms with Crippen molar-refractivity contribution in [2.75, 3.05) is 24.6 Å². The number of fused-ring (bicyclic) bond motifs is 1. The Balaban J connectivity index is 2.12. The van der Waals surface area contributed by atoms with Crippen molar-refractivity contribution in [3.8, 4) is 0 Å². The highest BCUT2D eigenvalue weighted by Crippen LogP contribution is 2.34. The van der Waals surface area contributed by atoms with Crippen molar-refractivity contribution in [1.29, 1.82) is 0 Å². The molecule has 1 fully saturated rings. The third-order valence-corrected chi connectivity index (χ3v) is 4.48. The second kappa shape index (κ2) is 5.97. The largest absolute Gasteiger partial charge is 0.391 e. The summed E-state index contributed by atoms with van der Waals surface area (Å²) in [5.74, 6) is -0.215. The summed E-state index contributed by atoms with van der Waals surface area (Å²) in [6, 6.07) is -0.618. The minimum absolute atomic E-state index is 0.0147. The number of hydrogen-bond donors (Lipinski definition) is 4. The zero-order valence-electron chi connectivity index (χ0n) is 13.8. The molecule has 1 amide bonds. The van der Waals surface area contributed by atoms with Crippen LogP contribution in [0.4, 0.5) is 11.8 Å². The van der Waals surface area contributed by atoms with E-state index in [1.54, 1.807) is 11.5 Å². The van der Waals surface area contributed by atoms with Crippen LogP contribution >= 0.6 is 0 Å². The third kappa shape index (κ3) is 3.01. The van der Waals surface area contributed by atoms with Crippen molar-refractivity contribution >= 4 is 28.8 Å². The summed E-state index contributed by atoms with van der Waals surface area (Å²) < 4.78 is 1.62. The quantitative estimate of drug-likeness (QED) is 0.507. The average Bonchev–Trinajstić information content (AvgIpc) is 2.88. The number of likely N-dealkylation sites (tertiary alicyclic amines) is 1. The number of nitrogens with two attached hydrogens (primary N) is 2. The van der Waals surface area contributed by atoms with E-state index in [2.05, 4.69) is 21.5 Å². The minimum atomic E-state index is -1.32. The lowest BCUT2D eigenvalue weighted by Gasteiger charge is -2.33. The van der Waals surface area contributed by atoms with E-state index in [4.69, 9.17) is 11.5 Å². The summed E-state index contributed by atoms with van der Waals surface area (Å²) in [6.07, 6.45) is 1.86. The Kier molecular flexibility index (Phi) is 4.09. The van der Waals surface area contributed by atoms with Gasteiger partial charge in [0.05, 0.1) is 24.1 Å². The summed E-state index contributed by atoms with van der Waals surface area (Å²) in [5.41, 5.74) is 10.9. The monoisotopic (exact) mass is 347 g/mol. The molecule has 0 aliphatic carbocycles. The maximum Gasteiger partial charge on any atom is 0.246 e. The molecule has 1 aliphatic heterocycles. The summed E-state index contributed by atoms with van der Waals surface area (Å²) in [5, 5.41) is 21.1. The number of aliphatic hydroxyl groups is 2. The molecule has 0 unspecified atom stereocenters. The van der Waals surface area contributed by atoms with E-state index in [1.165, 1.54) is 17.3 Å². The molecule has 0 radical (unpaired) electrons. The van der Waals surface area contributed by atoms with E-state index in [0.29, 0.717) is 11.2 Å². The number of carbonyl (C=O) groups excluding carboxylic acids is 1. The van der Waals surface area contributed by atoms with Crippen LogP contribution in [-0.2, 0) is 4.79 Å². The van der Waals surface area contributed by atoms with Crippen LogP contribution in [0.1, 0.15) is 19.4 Å². The van der Waals surface area contributed by atoms with E-state index < -0.39 is 17.7 Å². The summed E-state index contributed by atoms with van der Waals surface area (Å²) in [4.78, 5) is 25.8. The molecule has 10 nitrogen and oxygen atoms in total. The topological polar surface area (TPSA) is 156 Å². The van der Waals surface area contributed by atoms with Gasteiger partial charge in [0.1, 0.15) is 5.52 Å². The molecule has 2 aromatic heterocycles. The average molecular weight is 347 g/mol. The van der Waals surface area contributed by atoms with E-state index >= 15 is 0 Å². The van der Waals surface area contributed by atoms with E-state index in [0.717, 1.165) is 0 Å². The summed E-state index contributed by atoms with van der Waals surface area (Å²) in [7, 11) is 0. The molecule has 134 valence electrons. The highest BCUT2D eigenvalue weighted by molar-refractivity contribution is 5.87. The Labute approximate surface area is 143 Å². The van der Waals surface area contributed by atoms with E-state index in [9.17, 15) is 15.0 Å². The molecule has 10 heteroatoms. The first-order chi connectivity index (χ1) is 11.7. The normalized spacial score (nSPS) is 27.2. The van der Waals surface area contributed by atoms with Crippen LogP contribution in [0.5, 0.6) is 0 Å². The number of amides is 1. The number of rotatable bonds is 2. The van der Waals surface area contributed by atoms with Crippen molar-refractivity contribution in [2.24, 2.45) is 0 Å². The molecule has 3 heterocycles. The van der Waals surface area contributed by atoms with Crippen molar-refractivity contribution in [1.82, 2.24) is 24.4 Å². The molecule has 1 saturated heterocycles. The molecule has 2 aromatic rings. The molecule has 0 spiro atoms. The molecule has 0 aromatic carbocycles. The van der Waals surface area contributed by atoms with Gasteiger partial charge in [0.25, 0.3) is 0 Å². The number of nitrogens with zero attached hydrogens (tertiary/aromatic N) is 5. The first-order valence-corrected chi connectivity index (χ1v) is 7.80. The smallest absolute Gasteiger partial charge is 0.246 e. The van der Waals surface area contributed by atoms with Gasteiger partial charge in [0.2, 0.25) is 11.9 Å². The Morgan fingerprint density at radius 3 is 2.84 bits per heavy atom. The van der Waals surface area contributed by atoms with Crippen molar-refractivity contribution in [2.45, 2.75) is 31.1 Å². The number of β-amino-alcohol motifs (C(OH)–C–C–N with tert-alkyl or cyclic N) is 1. The van der Waals surface area contributed by atoms with Gasteiger partial charge in [-0.05, 0) is 13.0 Å². The number of hydrogen-bond acceptors (Lipinski definition) is 8. The van der Waals surface area contributed by atoms with Gasteiger partial charge in [-0.1, -0.05) is 6.58 Å². The van der Waals surface area contributed by atoms with Crippen LogP contribution in [-0.4, -0.2) is 65.3 Å². The number of nitrogen functional groups attached to an aromatic ring is 2. The SMILES string of the molecule is C=CC(=O)N1C[C@H](O)C[C@](C)(O)[C@@H](n2cnc3c(N)nc(N)nc32)C1. The van der Waals surface area contributed by atoms with Crippen molar-refractivity contribution in [3.05, 3.63) is 19.0 Å². The van der Waals surface area contributed by atoms with Crippen LogP contribution in [0.2, 0.25) is 0 Å². The summed E-state index contributed by atoms with van der Waals surface area (Å²) >= 11 is 0. The van der Waals surface area contributed by atoms with Gasteiger partial charge in [-0.25, -0.2) is 4.98 Å². The second-order valence-electron chi connectivity index (χ2n) is 6.47. The van der Waals surface area contributed by atoms with Gasteiger partial charge >= 0.3 is 0 Å². The van der Waals surface area contributed by atoms with Crippen molar-refractivity contribution in [3.63, 3.8) is 0 Å². The molecular weight excluding hydrogens is 326 g/mol. The lowest BCUT2D eigenvalue weighted by atomic mass is 9.91. The first kappa shape index (κ1) is 17.1. The fraction of sp³-hybridized carbons (Fsp3) is 0.467. The van der Waals surface area contributed by atoms with E-state index in [-0.39, 0.29) is 37.2 Å². The molecule has 0 saturated carbocycles. The van der Waals surface area contributed by atoms with Gasteiger partial charge in [-0.3, -0.25) is 4.79 Å². The second-order valence-corrected chi connectivity index (χ2v) is 6.47. The number of imidazole rings is 1. The Bertz CT molecular complexity index is 832. The lowest BCUT2D eigenvalue weighted by Crippen LogP contribution is -2.42. The number of anilines is 2. The minimum Gasteiger partial charge on any atom is -0.391 e. The summed E-state index contributed by atoms with van der Waals surface area (Å²) in [6.45, 7) is 5.32. The maximum atomic E-state index is 12.1. The highest BCUT2D eigenvalue weighted by atomic mass is 16.3. The first-order valence-electron chi connectivity index (χ1n) is 7.80. The fourth-order valence-electron chi connectivity index (χ4n) is 3.29. The molecule has 3 atom stereocenters. The van der Waals surface area contributed by atoms with E-state index in [1.807, 2.05) is 0 Å². The lowest BCUT2D eigenvalue weighted by molar-refractivity contribution is -0.127. The number of aromatic nitrogens is 4. The van der Waals surface area contributed by atoms with Gasteiger partial charge in [0.15, 0.2) is 11.5 Å². The Morgan fingerprint density at radius 1 is 1.44 bits per heavy atom. The zero-order valence-corrected chi connectivity index (χ0v) is 13.8. The van der Waals surface area contributed by atoms with Gasteiger partial charge < -0.3 is 31.1 Å². The molecule has 1 aliphatic rings. The molecule has 25 heavy (non-hydrogen) atoms. The standard InChI is InChI=1S/C15H21N7O3/c1-3-10(24)21-5-8(23)4-15(2,25)9(6-21)22-7-18-11-12(16)19-14(17)20-13(11)22/h3,7-9,23,25H,1,4-6H2,2H3,(H4,16,17,19,20)/t8-,9+,15+/m1/s1. The predicted octanol–water partition coefficient (Wildman–Crippen LogP) is -0.938. The van der Waals surface area contributed by atoms with Crippen LogP contribution in [0.25, 0.3) is 11.2 Å². The highest BCUT2D eigenvalue weighted by Gasteiger charge is 2.41. The van der Waals surface area contributed by atoms with Crippen LogP contribution in [0.15, 0.2) is 19.0 Å². The Morgan fingerprint density at radius 2 is 2.16 bits per heavy atom. The molecule has 3 rings (SSSR count). The van der Waals surface area contributed by atoms with Gasteiger partial charge in [-0.2, -0.15) is 9.97 Å². The van der Waals surface area contributed by atoms with Crippen LogP contribution < -0.4 is 11.5 Å². The van der Waals surface area contributed by atoms with Gasteiger partial charge in [0, 0.05) is 19.5 Å². The molecule has 0 bridgehead atoms. The fourth-order valence-corrected chi connectivity index (χ4v) is 3.29. The predicted molar refractivity (Wildman–Crippen MR) is 91.2 cm³/mol. The van der Waals surface area contributed by atoms with Gasteiger partial charge in [-0.15, -0.1) is 0 Å². The molecular formula is C15H21N7O3. The third-order valence-electron chi connectivity index (χ3n) is 4.48.